The lowest BCUT2D eigenvalue weighted by Gasteiger charge is -2.33. The summed E-state index contributed by atoms with van der Waals surface area (Å²) in [4.78, 5) is 14.8. The lowest BCUT2D eigenvalue weighted by atomic mass is 10.0. The topological polar surface area (TPSA) is 50.8 Å². The highest BCUT2D eigenvalue weighted by molar-refractivity contribution is 5.97. The van der Waals surface area contributed by atoms with E-state index >= 15 is 0 Å². The second kappa shape index (κ2) is 10.8. The monoisotopic (exact) mass is 390 g/mol. The van der Waals surface area contributed by atoms with Gasteiger partial charge in [-0.25, -0.2) is 0 Å². The van der Waals surface area contributed by atoms with Gasteiger partial charge < -0.3 is 19.7 Å². The molecule has 27 heavy (non-hydrogen) atoms. The van der Waals surface area contributed by atoms with E-state index < -0.39 is 0 Å². The number of likely N-dealkylation sites (N-methyl/N-ethyl adjacent to an activating group) is 1. The molecular weight excluding hydrogens is 364 g/mol. The summed E-state index contributed by atoms with van der Waals surface area (Å²) in [5, 5.41) is 3.27. The minimum Gasteiger partial charge on any atom is -0.490 e. The Labute approximate surface area is 167 Å². The molecule has 2 aromatic rings. The van der Waals surface area contributed by atoms with Crippen LogP contribution >= 0.6 is 12.4 Å². The summed E-state index contributed by atoms with van der Waals surface area (Å²) in [5.41, 5.74) is 0.615. The molecule has 1 saturated heterocycles. The molecule has 0 bridgehead atoms. The Kier molecular flexibility index (Phi) is 8.43. The second-order valence-corrected chi connectivity index (χ2v) is 6.39. The number of nitrogens with one attached hydrogen (secondary N) is 1. The molecule has 1 aliphatic heterocycles. The van der Waals surface area contributed by atoms with Crippen molar-refractivity contribution in [3.05, 3.63) is 60.2 Å². The van der Waals surface area contributed by atoms with Crippen LogP contribution < -0.4 is 14.8 Å². The maximum Gasteiger partial charge on any atom is 0.257 e. The van der Waals surface area contributed by atoms with E-state index in [4.69, 9.17) is 9.47 Å². The van der Waals surface area contributed by atoms with Crippen molar-refractivity contribution < 1.29 is 14.3 Å². The third kappa shape index (κ3) is 5.88. The first kappa shape index (κ1) is 21.1. The molecule has 1 fully saturated rings. The van der Waals surface area contributed by atoms with Gasteiger partial charge in [0, 0.05) is 19.1 Å². The minimum atomic E-state index is 0. The maximum absolute atomic E-state index is 12.9. The minimum absolute atomic E-state index is 0. The summed E-state index contributed by atoms with van der Waals surface area (Å²) >= 11 is 0. The lowest BCUT2D eigenvalue weighted by molar-refractivity contribution is 0.0693. The van der Waals surface area contributed by atoms with Crippen LogP contribution in [0.4, 0.5) is 0 Å². The Morgan fingerprint density at radius 1 is 1.07 bits per heavy atom. The Morgan fingerprint density at radius 2 is 1.78 bits per heavy atom. The van der Waals surface area contributed by atoms with Crippen molar-refractivity contribution in [2.75, 3.05) is 33.4 Å². The predicted molar refractivity (Wildman–Crippen MR) is 109 cm³/mol. The van der Waals surface area contributed by atoms with Gasteiger partial charge in [0.25, 0.3) is 5.91 Å². The summed E-state index contributed by atoms with van der Waals surface area (Å²) in [7, 11) is 1.95. The quantitative estimate of drug-likeness (QED) is 0.736. The highest BCUT2D eigenvalue weighted by Gasteiger charge is 2.25. The number of halogens is 1. The van der Waals surface area contributed by atoms with Crippen LogP contribution in [0.2, 0.25) is 0 Å². The molecule has 1 heterocycles. The van der Waals surface area contributed by atoms with Gasteiger partial charge in [0.15, 0.2) is 0 Å². The Balaban J connectivity index is 0.00000261. The number of hydrogen-bond acceptors (Lipinski definition) is 4. The average molecular weight is 391 g/mol. The zero-order valence-electron chi connectivity index (χ0n) is 15.6. The van der Waals surface area contributed by atoms with E-state index in [2.05, 4.69) is 5.32 Å². The lowest BCUT2D eigenvalue weighted by Crippen LogP contribution is -2.47. The average Bonchev–Trinajstić information content (AvgIpc) is 2.72. The number of para-hydroxylation sites is 2. The number of likely N-dealkylation sites (tertiary alicyclic amines) is 1. The van der Waals surface area contributed by atoms with Crippen LogP contribution in [-0.4, -0.2) is 50.2 Å². The SMILES string of the molecule is CNC1CCCN(C(=O)c2ccccc2OCCOc2ccccc2)C1.Cl. The van der Waals surface area contributed by atoms with E-state index in [-0.39, 0.29) is 18.3 Å². The number of carbonyl (C=O) groups excluding carboxylic acids is 1. The highest BCUT2D eigenvalue weighted by Crippen LogP contribution is 2.22. The van der Waals surface area contributed by atoms with Gasteiger partial charge in [-0.3, -0.25) is 4.79 Å². The molecule has 1 atom stereocenters. The first-order chi connectivity index (χ1) is 12.8. The molecule has 1 unspecified atom stereocenters. The fourth-order valence-corrected chi connectivity index (χ4v) is 3.16. The van der Waals surface area contributed by atoms with Crippen molar-refractivity contribution in [1.82, 2.24) is 10.2 Å². The molecule has 146 valence electrons. The summed E-state index contributed by atoms with van der Waals surface area (Å²) in [5.74, 6) is 1.46. The van der Waals surface area contributed by atoms with Crippen molar-refractivity contribution in [2.45, 2.75) is 18.9 Å². The van der Waals surface area contributed by atoms with Crippen LogP contribution in [0.3, 0.4) is 0 Å². The number of benzene rings is 2. The summed E-state index contributed by atoms with van der Waals surface area (Å²) in [6.07, 6.45) is 2.13. The van der Waals surface area contributed by atoms with E-state index in [1.54, 1.807) is 0 Å². The van der Waals surface area contributed by atoms with E-state index in [0.717, 1.165) is 31.7 Å². The smallest absolute Gasteiger partial charge is 0.257 e. The Hall–Kier alpha value is -2.24. The van der Waals surface area contributed by atoms with Crippen LogP contribution in [0.25, 0.3) is 0 Å². The van der Waals surface area contributed by atoms with Gasteiger partial charge in [-0.05, 0) is 44.2 Å². The van der Waals surface area contributed by atoms with Crippen molar-refractivity contribution >= 4 is 18.3 Å². The van der Waals surface area contributed by atoms with Crippen LogP contribution in [0, 0.1) is 0 Å². The molecule has 2 aromatic carbocycles. The summed E-state index contributed by atoms with van der Waals surface area (Å²) in [6.45, 7) is 2.35. The second-order valence-electron chi connectivity index (χ2n) is 6.39. The van der Waals surface area contributed by atoms with Gasteiger partial charge in [0.1, 0.15) is 24.7 Å². The normalized spacial score (nSPS) is 16.3. The molecule has 1 amide bonds. The fraction of sp³-hybridized carbons (Fsp3) is 0.381. The van der Waals surface area contributed by atoms with Gasteiger partial charge in [0.2, 0.25) is 0 Å². The molecule has 0 radical (unpaired) electrons. The first-order valence-electron chi connectivity index (χ1n) is 9.14. The maximum atomic E-state index is 12.9. The van der Waals surface area contributed by atoms with Crippen molar-refractivity contribution in [3.8, 4) is 11.5 Å². The number of nitrogens with zero attached hydrogens (tertiary/aromatic N) is 1. The number of ether oxygens (including phenoxy) is 2. The molecule has 5 nitrogen and oxygen atoms in total. The third-order valence-corrected chi connectivity index (χ3v) is 4.59. The van der Waals surface area contributed by atoms with Crippen molar-refractivity contribution in [2.24, 2.45) is 0 Å². The van der Waals surface area contributed by atoms with Gasteiger partial charge >= 0.3 is 0 Å². The largest absolute Gasteiger partial charge is 0.490 e. The number of piperidine rings is 1. The molecule has 1 aliphatic rings. The third-order valence-electron chi connectivity index (χ3n) is 4.59. The van der Waals surface area contributed by atoms with E-state index in [1.165, 1.54) is 0 Å². The van der Waals surface area contributed by atoms with Gasteiger partial charge in [-0.2, -0.15) is 0 Å². The van der Waals surface area contributed by atoms with Gasteiger partial charge in [-0.15, -0.1) is 12.4 Å². The molecule has 3 rings (SSSR count). The number of rotatable bonds is 7. The number of amides is 1. The van der Waals surface area contributed by atoms with Crippen LogP contribution in [0.5, 0.6) is 11.5 Å². The van der Waals surface area contributed by atoms with Crippen LogP contribution in [0.1, 0.15) is 23.2 Å². The van der Waals surface area contributed by atoms with Crippen molar-refractivity contribution in [1.29, 1.82) is 0 Å². The molecule has 0 aromatic heterocycles. The Bertz CT molecular complexity index is 712. The fourth-order valence-electron chi connectivity index (χ4n) is 3.16. The zero-order chi connectivity index (χ0) is 18.2. The Morgan fingerprint density at radius 3 is 2.56 bits per heavy atom. The highest BCUT2D eigenvalue weighted by atomic mass is 35.5. The molecule has 0 saturated carbocycles. The van der Waals surface area contributed by atoms with E-state index in [9.17, 15) is 4.79 Å². The van der Waals surface area contributed by atoms with Gasteiger partial charge in [0.05, 0.1) is 5.56 Å². The molecule has 0 aliphatic carbocycles. The molecule has 6 heteroatoms. The molecule has 1 N–H and O–H groups in total. The number of hydrogen-bond donors (Lipinski definition) is 1. The van der Waals surface area contributed by atoms with Crippen molar-refractivity contribution in [3.63, 3.8) is 0 Å². The summed E-state index contributed by atoms with van der Waals surface area (Å²) in [6, 6.07) is 17.4. The number of carbonyl (C=O) groups is 1. The standard InChI is InChI=1S/C21H26N2O3.ClH/c1-22-17-8-7-13-23(16-17)21(24)19-11-5-6-12-20(19)26-15-14-25-18-9-3-2-4-10-18;/h2-6,9-12,17,22H,7-8,13-16H2,1H3;1H. The molecule has 0 spiro atoms. The van der Waals surface area contributed by atoms with E-state index in [1.807, 2.05) is 66.5 Å². The molecular formula is C21H27ClN2O3. The predicted octanol–water partition coefficient (Wildman–Crippen LogP) is 3.39. The summed E-state index contributed by atoms with van der Waals surface area (Å²) < 4.78 is 11.5. The van der Waals surface area contributed by atoms with Crippen LogP contribution in [-0.2, 0) is 0 Å². The first-order valence-corrected chi connectivity index (χ1v) is 9.14. The zero-order valence-corrected chi connectivity index (χ0v) is 16.4. The van der Waals surface area contributed by atoms with Crippen LogP contribution in [0.15, 0.2) is 54.6 Å². The van der Waals surface area contributed by atoms with E-state index in [0.29, 0.717) is 30.6 Å². The van der Waals surface area contributed by atoms with Gasteiger partial charge in [-0.1, -0.05) is 30.3 Å².